The van der Waals surface area contributed by atoms with Gasteiger partial charge in [-0.2, -0.15) is 0 Å². The van der Waals surface area contributed by atoms with Crippen molar-refractivity contribution in [3.8, 4) is 0 Å². The summed E-state index contributed by atoms with van der Waals surface area (Å²) in [7, 11) is 0. The van der Waals surface area contributed by atoms with Crippen molar-refractivity contribution in [2.75, 3.05) is 5.32 Å². The molecule has 1 N–H and O–H groups in total. The summed E-state index contributed by atoms with van der Waals surface area (Å²) in [5.41, 5.74) is 1.38. The number of halogens is 2. The summed E-state index contributed by atoms with van der Waals surface area (Å²) < 4.78 is 2.88. The van der Waals surface area contributed by atoms with Gasteiger partial charge in [-0.25, -0.2) is 0 Å². The van der Waals surface area contributed by atoms with Crippen LogP contribution in [0.1, 0.15) is 35.8 Å². The van der Waals surface area contributed by atoms with E-state index in [9.17, 15) is 4.79 Å². The van der Waals surface area contributed by atoms with E-state index in [1.807, 2.05) is 24.4 Å². The first-order valence-electron chi connectivity index (χ1n) is 6.58. The molecule has 0 saturated heterocycles. The Labute approximate surface area is 131 Å². The number of rotatable bonds is 3. The van der Waals surface area contributed by atoms with Gasteiger partial charge < -0.3 is 9.88 Å². The summed E-state index contributed by atoms with van der Waals surface area (Å²) >= 11 is 9.38. The van der Waals surface area contributed by atoms with Crippen LogP contribution in [-0.4, -0.2) is 10.5 Å². The highest BCUT2D eigenvalue weighted by Crippen LogP contribution is 2.33. The Morgan fingerprint density at radius 3 is 2.85 bits per heavy atom. The Morgan fingerprint density at radius 2 is 2.15 bits per heavy atom. The fourth-order valence-corrected chi connectivity index (χ4v) is 2.87. The lowest BCUT2D eigenvalue weighted by Gasteiger charge is -2.28. The average molecular weight is 354 g/mol. The Kier molecular flexibility index (Phi) is 3.85. The van der Waals surface area contributed by atoms with Crippen LogP contribution < -0.4 is 5.32 Å². The van der Waals surface area contributed by atoms with E-state index in [1.165, 1.54) is 6.42 Å². The number of benzene rings is 1. The van der Waals surface area contributed by atoms with Crippen LogP contribution in [0.25, 0.3) is 0 Å². The molecule has 2 aromatic rings. The summed E-state index contributed by atoms with van der Waals surface area (Å²) in [6.07, 6.45) is 5.52. The number of aromatic nitrogens is 1. The molecule has 5 heteroatoms. The van der Waals surface area contributed by atoms with Crippen LogP contribution in [0.3, 0.4) is 0 Å². The molecule has 0 atom stereocenters. The predicted molar refractivity (Wildman–Crippen MR) is 84.4 cm³/mol. The molecule has 0 radical (unpaired) electrons. The standard InChI is InChI=1S/C15H14BrClN2O/c16-12-7-6-10(17)9-13(12)18-15(20)14-5-2-8-19(14)11-3-1-4-11/h2,5-9,11H,1,3-4H2,(H,18,20). The first-order chi connectivity index (χ1) is 9.65. The van der Waals surface area contributed by atoms with Crippen LogP contribution in [0, 0.1) is 0 Å². The molecule has 1 aromatic heterocycles. The first kappa shape index (κ1) is 13.7. The number of hydrogen-bond donors (Lipinski definition) is 1. The van der Waals surface area contributed by atoms with Gasteiger partial charge in [-0.3, -0.25) is 4.79 Å². The molecule has 0 spiro atoms. The quantitative estimate of drug-likeness (QED) is 0.838. The molecule has 20 heavy (non-hydrogen) atoms. The van der Waals surface area contributed by atoms with Crippen LogP contribution in [0.5, 0.6) is 0 Å². The van der Waals surface area contributed by atoms with Crippen molar-refractivity contribution in [3.05, 3.63) is 51.7 Å². The molecule has 3 nitrogen and oxygen atoms in total. The van der Waals surface area contributed by atoms with Crippen molar-refractivity contribution in [2.24, 2.45) is 0 Å². The van der Waals surface area contributed by atoms with Crippen LogP contribution in [0.15, 0.2) is 41.0 Å². The number of carbonyl (C=O) groups is 1. The van der Waals surface area contributed by atoms with Gasteiger partial charge in [-0.1, -0.05) is 11.6 Å². The number of nitrogens with zero attached hydrogens (tertiary/aromatic N) is 1. The number of hydrogen-bond acceptors (Lipinski definition) is 1. The molecule has 1 aromatic carbocycles. The minimum atomic E-state index is -0.107. The van der Waals surface area contributed by atoms with Crippen molar-refractivity contribution < 1.29 is 4.79 Å². The van der Waals surface area contributed by atoms with Crippen molar-refractivity contribution in [3.63, 3.8) is 0 Å². The van der Waals surface area contributed by atoms with Crippen LogP contribution in [-0.2, 0) is 0 Å². The fraction of sp³-hybridized carbons (Fsp3) is 0.267. The summed E-state index contributed by atoms with van der Waals surface area (Å²) in [6, 6.07) is 9.57. The molecule has 1 amide bonds. The maximum atomic E-state index is 12.4. The van der Waals surface area contributed by atoms with Crippen molar-refractivity contribution in [1.29, 1.82) is 0 Å². The summed E-state index contributed by atoms with van der Waals surface area (Å²) in [5, 5.41) is 3.50. The van der Waals surface area contributed by atoms with E-state index in [4.69, 9.17) is 11.6 Å². The van der Waals surface area contributed by atoms with E-state index in [1.54, 1.807) is 12.1 Å². The van der Waals surface area contributed by atoms with E-state index in [-0.39, 0.29) is 5.91 Å². The largest absolute Gasteiger partial charge is 0.340 e. The number of carbonyl (C=O) groups excluding carboxylic acids is 1. The molecule has 0 aliphatic heterocycles. The van der Waals surface area contributed by atoms with Crippen LogP contribution >= 0.6 is 27.5 Å². The highest BCUT2D eigenvalue weighted by Gasteiger charge is 2.23. The Morgan fingerprint density at radius 1 is 1.35 bits per heavy atom. The molecule has 1 fully saturated rings. The van der Waals surface area contributed by atoms with E-state index >= 15 is 0 Å². The Balaban J connectivity index is 1.82. The molecule has 1 heterocycles. The van der Waals surface area contributed by atoms with Crippen molar-refractivity contribution in [1.82, 2.24) is 4.57 Å². The summed E-state index contributed by atoms with van der Waals surface area (Å²) in [4.78, 5) is 12.4. The van der Waals surface area contributed by atoms with Gasteiger partial charge in [0.2, 0.25) is 0 Å². The monoisotopic (exact) mass is 352 g/mol. The highest BCUT2D eigenvalue weighted by molar-refractivity contribution is 9.10. The molecule has 3 rings (SSSR count). The third kappa shape index (κ3) is 2.63. The Bertz CT molecular complexity index is 649. The third-order valence-electron chi connectivity index (χ3n) is 3.66. The molecule has 1 aliphatic rings. The second-order valence-electron chi connectivity index (χ2n) is 4.96. The average Bonchev–Trinajstić information content (AvgIpc) is 2.80. The van der Waals surface area contributed by atoms with Crippen LogP contribution in [0.2, 0.25) is 5.02 Å². The number of anilines is 1. The SMILES string of the molecule is O=C(Nc1cc(Cl)ccc1Br)c1cccn1C1CCC1. The van der Waals surface area contributed by atoms with Gasteiger partial charge in [-0.15, -0.1) is 0 Å². The minimum absolute atomic E-state index is 0.107. The van der Waals surface area contributed by atoms with E-state index < -0.39 is 0 Å². The lowest BCUT2D eigenvalue weighted by molar-refractivity contribution is 0.101. The van der Waals surface area contributed by atoms with Gasteiger partial charge in [-0.05, 0) is 65.5 Å². The normalized spacial score (nSPS) is 14.9. The van der Waals surface area contributed by atoms with Gasteiger partial charge in [0.25, 0.3) is 5.91 Å². The van der Waals surface area contributed by atoms with E-state index in [0.717, 1.165) is 17.3 Å². The molecule has 0 bridgehead atoms. The maximum absolute atomic E-state index is 12.4. The lowest BCUT2D eigenvalue weighted by Crippen LogP contribution is -2.23. The summed E-state index contributed by atoms with van der Waals surface area (Å²) in [5.74, 6) is -0.107. The van der Waals surface area contributed by atoms with Crippen LogP contribution in [0.4, 0.5) is 5.69 Å². The lowest BCUT2D eigenvalue weighted by atomic mass is 9.93. The molecule has 1 aliphatic carbocycles. The minimum Gasteiger partial charge on any atom is -0.340 e. The topological polar surface area (TPSA) is 34.0 Å². The van der Waals surface area contributed by atoms with Gasteiger partial charge in [0.15, 0.2) is 0 Å². The van der Waals surface area contributed by atoms with E-state index in [2.05, 4.69) is 25.8 Å². The third-order valence-corrected chi connectivity index (χ3v) is 4.58. The molecular formula is C15H14BrClN2O. The van der Waals surface area contributed by atoms with Gasteiger partial charge in [0.1, 0.15) is 5.69 Å². The summed E-state index contributed by atoms with van der Waals surface area (Å²) in [6.45, 7) is 0. The van der Waals surface area contributed by atoms with Crippen molar-refractivity contribution >= 4 is 39.1 Å². The number of amides is 1. The molecule has 104 valence electrons. The number of nitrogens with one attached hydrogen (secondary N) is 1. The maximum Gasteiger partial charge on any atom is 0.272 e. The van der Waals surface area contributed by atoms with Crippen molar-refractivity contribution in [2.45, 2.75) is 25.3 Å². The zero-order valence-corrected chi connectivity index (χ0v) is 13.1. The zero-order chi connectivity index (χ0) is 14.1. The predicted octanol–water partition coefficient (Wildman–Crippen LogP) is 4.88. The highest BCUT2D eigenvalue weighted by atomic mass is 79.9. The van der Waals surface area contributed by atoms with Gasteiger partial charge in [0, 0.05) is 21.7 Å². The molecular weight excluding hydrogens is 340 g/mol. The fourth-order valence-electron chi connectivity index (χ4n) is 2.35. The zero-order valence-electron chi connectivity index (χ0n) is 10.8. The molecule has 0 unspecified atom stereocenters. The second kappa shape index (κ2) is 5.62. The molecule has 1 saturated carbocycles. The Hall–Kier alpha value is -1.26. The first-order valence-corrected chi connectivity index (χ1v) is 7.75. The second-order valence-corrected chi connectivity index (χ2v) is 6.25. The van der Waals surface area contributed by atoms with Gasteiger partial charge >= 0.3 is 0 Å². The smallest absolute Gasteiger partial charge is 0.272 e. The van der Waals surface area contributed by atoms with Gasteiger partial charge in [0.05, 0.1) is 5.69 Å². The van der Waals surface area contributed by atoms with E-state index in [0.29, 0.717) is 22.4 Å².